The molecule has 3 heteroatoms. The highest BCUT2D eigenvalue weighted by Crippen LogP contribution is 2.25. The number of aromatic carboxylic acids is 1. The third-order valence-electron chi connectivity index (χ3n) is 2.75. The van der Waals surface area contributed by atoms with Crippen LogP contribution in [0.5, 0.6) is 0 Å². The molecule has 0 saturated carbocycles. The van der Waals surface area contributed by atoms with Crippen LogP contribution in [0.2, 0.25) is 0 Å². The van der Waals surface area contributed by atoms with E-state index in [4.69, 9.17) is 5.11 Å². The second-order valence-electron chi connectivity index (χ2n) is 4.03. The van der Waals surface area contributed by atoms with Crippen molar-refractivity contribution in [1.82, 2.24) is 4.98 Å². The molecule has 0 atom stereocenters. The molecular weight excluding hydrogens is 214 g/mol. The average Bonchev–Trinajstić information content (AvgIpc) is 2.29. The van der Waals surface area contributed by atoms with Gasteiger partial charge in [-0.25, -0.2) is 4.79 Å². The predicted octanol–water partition coefficient (Wildman–Crippen LogP) is 3.06. The smallest absolute Gasteiger partial charge is 0.335 e. The summed E-state index contributed by atoms with van der Waals surface area (Å²) in [5.74, 6) is -0.898. The number of aromatic nitrogens is 1. The molecule has 0 aliphatic carbocycles. The first-order valence-electron chi connectivity index (χ1n) is 5.34. The second-order valence-corrected chi connectivity index (χ2v) is 4.03. The topological polar surface area (TPSA) is 50.2 Å². The Kier molecular flexibility index (Phi) is 2.91. The number of rotatable bonds is 2. The van der Waals surface area contributed by atoms with Crippen molar-refractivity contribution in [3.05, 3.63) is 53.3 Å². The fourth-order valence-corrected chi connectivity index (χ4v) is 1.88. The normalized spacial score (nSPS) is 10.2. The lowest BCUT2D eigenvalue weighted by Crippen LogP contribution is -2.00. The molecule has 0 fully saturated rings. The fourth-order valence-electron chi connectivity index (χ4n) is 1.88. The fraction of sp³-hybridized carbons (Fsp3) is 0.143. The third kappa shape index (κ3) is 2.18. The van der Waals surface area contributed by atoms with Crippen molar-refractivity contribution in [2.75, 3.05) is 0 Å². The van der Waals surface area contributed by atoms with Gasteiger partial charge in [-0.2, -0.15) is 0 Å². The van der Waals surface area contributed by atoms with Gasteiger partial charge in [0.1, 0.15) is 0 Å². The van der Waals surface area contributed by atoms with Crippen LogP contribution in [0.1, 0.15) is 21.5 Å². The summed E-state index contributed by atoms with van der Waals surface area (Å²) in [6, 6.07) is 7.29. The number of nitrogens with zero attached hydrogens (tertiary/aromatic N) is 1. The van der Waals surface area contributed by atoms with Gasteiger partial charge in [-0.05, 0) is 42.7 Å². The van der Waals surface area contributed by atoms with Crippen LogP contribution in [-0.4, -0.2) is 16.1 Å². The van der Waals surface area contributed by atoms with Crippen LogP contribution >= 0.6 is 0 Å². The highest BCUT2D eigenvalue weighted by atomic mass is 16.4. The maximum Gasteiger partial charge on any atom is 0.335 e. The zero-order chi connectivity index (χ0) is 12.4. The van der Waals surface area contributed by atoms with Crippen molar-refractivity contribution in [3.8, 4) is 11.1 Å². The largest absolute Gasteiger partial charge is 0.478 e. The Bertz CT molecular complexity index is 576. The van der Waals surface area contributed by atoms with E-state index < -0.39 is 5.97 Å². The van der Waals surface area contributed by atoms with Crippen molar-refractivity contribution in [1.29, 1.82) is 0 Å². The minimum atomic E-state index is -0.898. The van der Waals surface area contributed by atoms with Gasteiger partial charge in [0.15, 0.2) is 0 Å². The van der Waals surface area contributed by atoms with E-state index in [2.05, 4.69) is 4.98 Å². The number of aryl methyl sites for hydroxylation is 1. The van der Waals surface area contributed by atoms with Gasteiger partial charge in [-0.1, -0.05) is 12.1 Å². The van der Waals surface area contributed by atoms with Gasteiger partial charge >= 0.3 is 5.97 Å². The summed E-state index contributed by atoms with van der Waals surface area (Å²) < 4.78 is 0. The number of carbonyl (C=O) groups is 1. The minimum Gasteiger partial charge on any atom is -0.478 e. The van der Waals surface area contributed by atoms with Gasteiger partial charge in [-0.15, -0.1) is 0 Å². The van der Waals surface area contributed by atoms with Gasteiger partial charge in [-0.3, -0.25) is 4.98 Å². The van der Waals surface area contributed by atoms with E-state index in [0.29, 0.717) is 5.56 Å². The number of carboxylic acid groups (broad SMARTS) is 1. The van der Waals surface area contributed by atoms with E-state index in [1.165, 1.54) is 0 Å². The van der Waals surface area contributed by atoms with Crippen LogP contribution in [0.15, 0.2) is 36.7 Å². The number of pyridine rings is 1. The Labute approximate surface area is 99.8 Å². The summed E-state index contributed by atoms with van der Waals surface area (Å²) in [6.07, 6.45) is 3.53. The molecule has 86 valence electrons. The highest BCUT2D eigenvalue weighted by molar-refractivity contribution is 5.92. The van der Waals surface area contributed by atoms with E-state index >= 15 is 0 Å². The quantitative estimate of drug-likeness (QED) is 0.857. The molecular formula is C14H13NO2. The Morgan fingerprint density at radius 2 is 2.00 bits per heavy atom. The Balaban J connectivity index is 2.60. The number of hydrogen-bond acceptors (Lipinski definition) is 2. The average molecular weight is 227 g/mol. The molecule has 1 aromatic heterocycles. The monoisotopic (exact) mass is 227 g/mol. The van der Waals surface area contributed by atoms with Crippen molar-refractivity contribution >= 4 is 5.97 Å². The van der Waals surface area contributed by atoms with Crippen LogP contribution in [0.4, 0.5) is 0 Å². The molecule has 1 aromatic carbocycles. The molecule has 2 rings (SSSR count). The van der Waals surface area contributed by atoms with E-state index in [0.717, 1.165) is 22.3 Å². The third-order valence-corrected chi connectivity index (χ3v) is 2.75. The Morgan fingerprint density at radius 1 is 1.24 bits per heavy atom. The summed E-state index contributed by atoms with van der Waals surface area (Å²) in [6.45, 7) is 3.79. The predicted molar refractivity (Wildman–Crippen MR) is 66.1 cm³/mol. The van der Waals surface area contributed by atoms with Gasteiger partial charge in [0.25, 0.3) is 0 Å². The lowest BCUT2D eigenvalue weighted by Gasteiger charge is -2.08. The van der Waals surface area contributed by atoms with Gasteiger partial charge in [0.05, 0.1) is 5.56 Å². The van der Waals surface area contributed by atoms with Crippen LogP contribution in [0.25, 0.3) is 11.1 Å². The molecule has 0 unspecified atom stereocenters. The van der Waals surface area contributed by atoms with E-state index in [-0.39, 0.29) is 0 Å². The first kappa shape index (κ1) is 11.3. The van der Waals surface area contributed by atoms with Crippen molar-refractivity contribution < 1.29 is 9.90 Å². The summed E-state index contributed by atoms with van der Waals surface area (Å²) in [4.78, 5) is 15.2. The van der Waals surface area contributed by atoms with E-state index in [1.807, 2.05) is 26.0 Å². The first-order chi connectivity index (χ1) is 8.09. The zero-order valence-electron chi connectivity index (χ0n) is 9.77. The van der Waals surface area contributed by atoms with Crippen LogP contribution in [0, 0.1) is 13.8 Å². The number of benzene rings is 1. The van der Waals surface area contributed by atoms with Crippen molar-refractivity contribution in [2.45, 2.75) is 13.8 Å². The maximum absolute atomic E-state index is 11.1. The molecule has 0 spiro atoms. The van der Waals surface area contributed by atoms with Gasteiger partial charge in [0, 0.05) is 18.0 Å². The van der Waals surface area contributed by atoms with Crippen molar-refractivity contribution in [2.24, 2.45) is 0 Å². The summed E-state index contributed by atoms with van der Waals surface area (Å²) >= 11 is 0. The first-order valence-corrected chi connectivity index (χ1v) is 5.34. The lowest BCUT2D eigenvalue weighted by molar-refractivity contribution is 0.0696. The molecule has 1 heterocycles. The number of hydrogen-bond donors (Lipinski definition) is 1. The molecule has 0 aliphatic heterocycles. The zero-order valence-corrected chi connectivity index (χ0v) is 9.77. The van der Waals surface area contributed by atoms with E-state index in [1.54, 1.807) is 24.5 Å². The molecule has 0 aliphatic rings. The van der Waals surface area contributed by atoms with Gasteiger partial charge < -0.3 is 5.11 Å². The van der Waals surface area contributed by atoms with Gasteiger partial charge in [0.2, 0.25) is 0 Å². The standard InChI is InChI=1S/C14H13NO2/c1-9-6-11(8-15-7-9)12-4-3-5-13(10(12)2)14(16)17/h3-8H,1-2H3,(H,16,17). The molecule has 0 saturated heterocycles. The highest BCUT2D eigenvalue weighted by Gasteiger charge is 2.11. The Morgan fingerprint density at radius 3 is 2.65 bits per heavy atom. The van der Waals surface area contributed by atoms with Crippen molar-refractivity contribution in [3.63, 3.8) is 0 Å². The summed E-state index contributed by atoms with van der Waals surface area (Å²) in [5, 5.41) is 9.08. The lowest BCUT2D eigenvalue weighted by atomic mass is 9.97. The number of carboxylic acids is 1. The maximum atomic E-state index is 11.1. The SMILES string of the molecule is Cc1cncc(-c2cccc(C(=O)O)c2C)c1. The molecule has 0 bridgehead atoms. The van der Waals surface area contributed by atoms with Crippen LogP contribution in [0.3, 0.4) is 0 Å². The summed E-state index contributed by atoms with van der Waals surface area (Å²) in [5.41, 5.74) is 4.03. The molecule has 0 amide bonds. The molecule has 3 nitrogen and oxygen atoms in total. The second kappa shape index (κ2) is 4.37. The molecule has 1 N–H and O–H groups in total. The molecule has 0 radical (unpaired) electrons. The Hall–Kier alpha value is -2.16. The molecule has 2 aromatic rings. The molecule has 17 heavy (non-hydrogen) atoms. The van der Waals surface area contributed by atoms with E-state index in [9.17, 15) is 4.79 Å². The van der Waals surface area contributed by atoms with Crippen LogP contribution in [-0.2, 0) is 0 Å². The summed E-state index contributed by atoms with van der Waals surface area (Å²) in [7, 11) is 0. The van der Waals surface area contributed by atoms with Crippen LogP contribution < -0.4 is 0 Å². The minimum absolute atomic E-state index is 0.337.